The predicted octanol–water partition coefficient (Wildman–Crippen LogP) is 2.93. The molecule has 0 bridgehead atoms. The number of fused-ring (bicyclic) bond motifs is 1. The van der Waals surface area contributed by atoms with Crippen LogP contribution in [0.25, 0.3) is 0 Å². The van der Waals surface area contributed by atoms with Crippen molar-refractivity contribution in [3.05, 3.63) is 29.8 Å². The van der Waals surface area contributed by atoms with Gasteiger partial charge in [-0.15, -0.1) is 0 Å². The third kappa shape index (κ3) is 2.60. The molecule has 1 aliphatic rings. The summed E-state index contributed by atoms with van der Waals surface area (Å²) in [5.41, 5.74) is 2.40. The van der Waals surface area contributed by atoms with Crippen LogP contribution in [-0.2, 0) is 9.53 Å². The molecule has 0 radical (unpaired) electrons. The first-order valence-electron chi connectivity index (χ1n) is 6.16. The fraction of sp³-hybridized carbons (Fsp3) is 0.500. The van der Waals surface area contributed by atoms with E-state index in [0.29, 0.717) is 12.5 Å². The SMILES string of the molecule is CCC1CC(CC(=O)OC)c2ccccc2N1. The van der Waals surface area contributed by atoms with E-state index in [1.165, 1.54) is 18.4 Å². The van der Waals surface area contributed by atoms with Crippen LogP contribution in [-0.4, -0.2) is 19.1 Å². The van der Waals surface area contributed by atoms with Crippen LogP contribution >= 0.6 is 0 Å². The van der Waals surface area contributed by atoms with Gasteiger partial charge in [0.25, 0.3) is 0 Å². The molecule has 2 atom stereocenters. The van der Waals surface area contributed by atoms with Crippen molar-refractivity contribution in [3.63, 3.8) is 0 Å². The first-order valence-corrected chi connectivity index (χ1v) is 6.16. The summed E-state index contributed by atoms with van der Waals surface area (Å²) in [5, 5.41) is 3.52. The molecule has 92 valence electrons. The molecule has 1 aromatic carbocycles. The number of hydrogen-bond acceptors (Lipinski definition) is 3. The normalized spacial score (nSPS) is 22.5. The zero-order valence-electron chi connectivity index (χ0n) is 10.4. The highest BCUT2D eigenvalue weighted by atomic mass is 16.5. The van der Waals surface area contributed by atoms with Crippen LogP contribution in [0, 0.1) is 0 Å². The monoisotopic (exact) mass is 233 g/mol. The Morgan fingerprint density at radius 2 is 2.24 bits per heavy atom. The zero-order valence-corrected chi connectivity index (χ0v) is 10.4. The Kier molecular flexibility index (Phi) is 3.67. The van der Waals surface area contributed by atoms with Gasteiger partial charge in [-0.3, -0.25) is 4.79 Å². The second-order valence-corrected chi connectivity index (χ2v) is 4.55. The van der Waals surface area contributed by atoms with Crippen molar-refractivity contribution in [3.8, 4) is 0 Å². The highest BCUT2D eigenvalue weighted by molar-refractivity contribution is 5.71. The lowest BCUT2D eigenvalue weighted by Crippen LogP contribution is -2.28. The molecule has 0 amide bonds. The molecule has 17 heavy (non-hydrogen) atoms. The summed E-state index contributed by atoms with van der Waals surface area (Å²) in [5.74, 6) is 0.159. The molecule has 0 spiro atoms. The number of rotatable bonds is 3. The van der Waals surface area contributed by atoms with Crippen molar-refractivity contribution in [2.24, 2.45) is 0 Å². The molecule has 0 aliphatic carbocycles. The number of carbonyl (C=O) groups excluding carboxylic acids is 1. The van der Waals surface area contributed by atoms with Crippen LogP contribution in [0.1, 0.15) is 37.7 Å². The molecule has 1 aliphatic heterocycles. The molecule has 0 saturated carbocycles. The van der Waals surface area contributed by atoms with Gasteiger partial charge in [0.1, 0.15) is 0 Å². The van der Waals surface area contributed by atoms with E-state index in [9.17, 15) is 4.79 Å². The Balaban J connectivity index is 2.22. The minimum Gasteiger partial charge on any atom is -0.469 e. The highest BCUT2D eigenvalue weighted by Crippen LogP contribution is 2.37. The van der Waals surface area contributed by atoms with E-state index < -0.39 is 0 Å². The smallest absolute Gasteiger partial charge is 0.306 e. The van der Waals surface area contributed by atoms with Crippen LogP contribution in [0.15, 0.2) is 24.3 Å². The maximum absolute atomic E-state index is 11.4. The summed E-state index contributed by atoms with van der Waals surface area (Å²) in [4.78, 5) is 11.4. The zero-order chi connectivity index (χ0) is 12.3. The van der Waals surface area contributed by atoms with E-state index in [1.54, 1.807) is 0 Å². The lowest BCUT2D eigenvalue weighted by molar-refractivity contribution is -0.141. The highest BCUT2D eigenvalue weighted by Gasteiger charge is 2.27. The molecule has 1 heterocycles. The van der Waals surface area contributed by atoms with Gasteiger partial charge in [-0.25, -0.2) is 0 Å². The van der Waals surface area contributed by atoms with Gasteiger partial charge in [0.15, 0.2) is 0 Å². The number of nitrogens with one attached hydrogen (secondary N) is 1. The molecule has 1 N–H and O–H groups in total. The molecule has 3 heteroatoms. The molecule has 0 saturated heterocycles. The van der Waals surface area contributed by atoms with Gasteiger partial charge in [-0.1, -0.05) is 25.1 Å². The molecule has 2 unspecified atom stereocenters. The van der Waals surface area contributed by atoms with Crippen molar-refractivity contribution in [1.29, 1.82) is 0 Å². The van der Waals surface area contributed by atoms with Gasteiger partial charge in [-0.2, -0.15) is 0 Å². The second kappa shape index (κ2) is 5.21. The number of methoxy groups -OCH3 is 1. The van der Waals surface area contributed by atoms with E-state index in [4.69, 9.17) is 4.74 Å². The van der Waals surface area contributed by atoms with Gasteiger partial charge in [-0.05, 0) is 30.4 Å². The summed E-state index contributed by atoms with van der Waals surface area (Å²) in [6.07, 6.45) is 2.56. The average Bonchev–Trinajstić information content (AvgIpc) is 2.38. The Hall–Kier alpha value is -1.51. The molecular weight excluding hydrogens is 214 g/mol. The number of para-hydroxylation sites is 1. The number of anilines is 1. The van der Waals surface area contributed by atoms with Gasteiger partial charge in [0.05, 0.1) is 13.5 Å². The third-order valence-electron chi connectivity index (χ3n) is 3.46. The topological polar surface area (TPSA) is 38.3 Å². The minimum absolute atomic E-state index is 0.124. The summed E-state index contributed by atoms with van der Waals surface area (Å²) in [7, 11) is 1.45. The summed E-state index contributed by atoms with van der Waals surface area (Å²) in [6.45, 7) is 2.17. The fourth-order valence-corrected chi connectivity index (χ4v) is 2.48. The summed E-state index contributed by atoms with van der Waals surface area (Å²) >= 11 is 0. The predicted molar refractivity (Wildman–Crippen MR) is 68.1 cm³/mol. The van der Waals surface area contributed by atoms with E-state index in [2.05, 4.69) is 24.4 Å². The minimum atomic E-state index is -0.124. The average molecular weight is 233 g/mol. The largest absolute Gasteiger partial charge is 0.469 e. The maximum atomic E-state index is 11.4. The van der Waals surface area contributed by atoms with Crippen molar-refractivity contribution >= 4 is 11.7 Å². The quantitative estimate of drug-likeness (QED) is 0.816. The van der Waals surface area contributed by atoms with E-state index in [0.717, 1.165) is 12.8 Å². The Bertz CT molecular complexity index is 403. The van der Waals surface area contributed by atoms with Crippen molar-refractivity contribution < 1.29 is 9.53 Å². The van der Waals surface area contributed by atoms with Crippen LogP contribution < -0.4 is 5.32 Å². The third-order valence-corrected chi connectivity index (χ3v) is 3.46. The van der Waals surface area contributed by atoms with Crippen molar-refractivity contribution in [1.82, 2.24) is 0 Å². The Labute approximate surface area is 102 Å². The van der Waals surface area contributed by atoms with Gasteiger partial charge < -0.3 is 10.1 Å². The summed E-state index contributed by atoms with van der Waals surface area (Å²) < 4.78 is 4.78. The van der Waals surface area contributed by atoms with Crippen LogP contribution in [0.5, 0.6) is 0 Å². The number of carbonyl (C=O) groups is 1. The van der Waals surface area contributed by atoms with Gasteiger partial charge in [0.2, 0.25) is 0 Å². The summed E-state index contributed by atoms with van der Waals surface area (Å²) in [6, 6.07) is 8.69. The Morgan fingerprint density at radius 3 is 2.94 bits per heavy atom. The standard InChI is InChI=1S/C14H19NO2/c1-3-11-8-10(9-14(16)17-2)12-6-4-5-7-13(12)15-11/h4-7,10-11,15H,3,8-9H2,1-2H3. The van der Waals surface area contributed by atoms with Crippen LogP contribution in [0.3, 0.4) is 0 Å². The molecule has 1 aromatic rings. The van der Waals surface area contributed by atoms with Crippen LogP contribution in [0.2, 0.25) is 0 Å². The second-order valence-electron chi connectivity index (χ2n) is 4.55. The molecule has 3 nitrogen and oxygen atoms in total. The van der Waals surface area contributed by atoms with Crippen molar-refractivity contribution in [2.75, 3.05) is 12.4 Å². The molecular formula is C14H19NO2. The van der Waals surface area contributed by atoms with Crippen molar-refractivity contribution in [2.45, 2.75) is 38.1 Å². The van der Waals surface area contributed by atoms with E-state index >= 15 is 0 Å². The number of esters is 1. The van der Waals surface area contributed by atoms with E-state index in [1.807, 2.05) is 12.1 Å². The van der Waals surface area contributed by atoms with Gasteiger partial charge >= 0.3 is 5.97 Å². The molecule has 2 rings (SSSR count). The lowest BCUT2D eigenvalue weighted by atomic mass is 9.84. The Morgan fingerprint density at radius 1 is 1.47 bits per heavy atom. The first kappa shape index (κ1) is 12.0. The number of ether oxygens (including phenoxy) is 1. The fourth-order valence-electron chi connectivity index (χ4n) is 2.48. The first-order chi connectivity index (χ1) is 8.24. The van der Waals surface area contributed by atoms with E-state index in [-0.39, 0.29) is 11.9 Å². The lowest BCUT2D eigenvalue weighted by Gasteiger charge is -2.32. The maximum Gasteiger partial charge on any atom is 0.306 e. The van der Waals surface area contributed by atoms with Gasteiger partial charge in [0, 0.05) is 11.7 Å². The molecule has 0 fully saturated rings. The number of hydrogen-bond donors (Lipinski definition) is 1. The van der Waals surface area contributed by atoms with Crippen LogP contribution in [0.4, 0.5) is 5.69 Å². The molecule has 0 aromatic heterocycles. The number of benzene rings is 1.